The summed E-state index contributed by atoms with van der Waals surface area (Å²) in [7, 11) is -9.10. The molecule has 0 saturated carbocycles. The van der Waals surface area contributed by atoms with Crippen LogP contribution in [0.3, 0.4) is 0 Å². The van der Waals surface area contributed by atoms with Crippen molar-refractivity contribution >= 4 is 42.1 Å². The van der Waals surface area contributed by atoms with Gasteiger partial charge in [0.25, 0.3) is 0 Å². The van der Waals surface area contributed by atoms with E-state index in [0.29, 0.717) is 27.3 Å². The summed E-state index contributed by atoms with van der Waals surface area (Å²) in [5.41, 5.74) is 2.42. The topological polar surface area (TPSA) is 149 Å². The highest BCUT2D eigenvalue weighted by Crippen LogP contribution is 2.51. The Morgan fingerprint density at radius 2 is 1.28 bits per heavy atom. The second-order valence-electron chi connectivity index (χ2n) is 9.50. The zero-order valence-electron chi connectivity index (χ0n) is 24.5. The number of ether oxygens (including phenoxy) is 2. The molecule has 43 heavy (non-hydrogen) atoms. The van der Waals surface area contributed by atoms with Gasteiger partial charge in [-0.25, -0.2) is 0 Å². The lowest BCUT2D eigenvalue weighted by Crippen LogP contribution is -2.10. The van der Waals surface area contributed by atoms with E-state index in [1.165, 1.54) is 44.2 Å². The summed E-state index contributed by atoms with van der Waals surface area (Å²) in [4.78, 5) is 0.538. The van der Waals surface area contributed by atoms with Crippen LogP contribution in [0.15, 0.2) is 65.1 Å². The van der Waals surface area contributed by atoms with Crippen LogP contribution in [0, 0.1) is 0 Å². The van der Waals surface area contributed by atoms with E-state index >= 15 is 0 Å². The number of benzene rings is 3. The minimum atomic E-state index is -4.12. The average molecular weight is 673 g/mol. The maximum atomic E-state index is 12.5. The van der Waals surface area contributed by atoms with Gasteiger partial charge in [-0.3, -0.25) is 0 Å². The zero-order valence-corrected chi connectivity index (χ0v) is 27.8. The molecule has 0 heterocycles. The van der Waals surface area contributed by atoms with E-state index < -0.39 is 30.4 Å². The van der Waals surface area contributed by atoms with Crippen LogP contribution in [0.25, 0.3) is 22.3 Å². The number of methoxy groups -OCH3 is 2. The van der Waals surface area contributed by atoms with Crippen LogP contribution < -0.4 is 22.0 Å². The van der Waals surface area contributed by atoms with Crippen LogP contribution in [0.5, 0.6) is 28.7 Å². The van der Waals surface area contributed by atoms with Gasteiger partial charge >= 0.3 is 30.4 Å². The predicted octanol–water partition coefficient (Wildman–Crippen LogP) is 5.11. The third kappa shape index (κ3) is 9.81. The summed E-state index contributed by atoms with van der Waals surface area (Å²) >= 11 is 1.36. The van der Waals surface area contributed by atoms with Gasteiger partial charge in [0.1, 0.15) is 11.5 Å². The molecule has 0 aliphatic heterocycles. The quantitative estimate of drug-likeness (QED) is 0.135. The summed E-state index contributed by atoms with van der Waals surface area (Å²) in [6.45, 7) is 3.89. The molecule has 0 spiro atoms. The van der Waals surface area contributed by atoms with Crippen molar-refractivity contribution in [1.82, 2.24) is 0 Å². The highest BCUT2D eigenvalue weighted by Gasteiger charge is 2.27. The van der Waals surface area contributed by atoms with Gasteiger partial charge in [0.2, 0.25) is 0 Å². The molecule has 0 amide bonds. The summed E-state index contributed by atoms with van der Waals surface area (Å²) in [6, 6.07) is 12.3. The molecule has 0 aliphatic rings. The number of allylic oxidation sites excluding steroid dienone is 1. The van der Waals surface area contributed by atoms with Gasteiger partial charge in [-0.05, 0) is 55.3 Å². The zero-order chi connectivity index (χ0) is 32.2. The molecule has 0 unspecified atom stereocenters. The fraction of sp³-hybridized carbons (Fsp3) is 0.286. The third-order valence-electron chi connectivity index (χ3n) is 5.48. The first-order valence-electron chi connectivity index (χ1n) is 12.4. The second kappa shape index (κ2) is 13.5. The van der Waals surface area contributed by atoms with E-state index in [1.54, 1.807) is 30.3 Å². The smallest absolute Gasteiger partial charge is 0.306 e. The van der Waals surface area contributed by atoms with Crippen molar-refractivity contribution in [3.05, 3.63) is 60.2 Å². The Balaban J connectivity index is 2.30. The number of thioether (sulfide) groups is 1. The molecule has 3 aromatic carbocycles. The maximum Gasteiger partial charge on any atom is 0.306 e. The molecule has 0 aromatic heterocycles. The van der Waals surface area contributed by atoms with Crippen molar-refractivity contribution in [1.29, 1.82) is 0 Å². The van der Waals surface area contributed by atoms with Gasteiger partial charge in [0.05, 0.1) is 43.4 Å². The largest absolute Gasteiger partial charge is 0.496 e. The van der Waals surface area contributed by atoms with Crippen LogP contribution >= 0.6 is 11.8 Å². The van der Waals surface area contributed by atoms with Crippen LogP contribution in [0.1, 0.15) is 13.8 Å². The monoisotopic (exact) mass is 672 g/mol. The van der Waals surface area contributed by atoms with Gasteiger partial charge in [-0.15, -0.1) is 11.8 Å². The normalized spacial score (nSPS) is 11.9. The standard InChI is InChI=1S/C28H32O11S4/c1-18(2)14-15-40-25-13-10-20(16-23(25)38-42(6,31)32)26-24(35-3)17-22(27(36-4)28(26)39-43(7,33)34)19-8-11-21(12-9-19)37-41(5,29)30/h8-14,16-17H,15H2,1-7H3. The first-order valence-corrected chi connectivity index (χ1v) is 18.8. The highest BCUT2D eigenvalue weighted by atomic mass is 32.2. The molecule has 0 bridgehead atoms. The Morgan fingerprint density at radius 3 is 1.79 bits per heavy atom. The number of hydrogen-bond donors (Lipinski definition) is 0. The van der Waals surface area contributed by atoms with E-state index in [-0.39, 0.29) is 34.3 Å². The van der Waals surface area contributed by atoms with Crippen LogP contribution in [-0.4, -0.2) is 64.0 Å². The van der Waals surface area contributed by atoms with Crippen molar-refractivity contribution < 1.29 is 47.3 Å². The van der Waals surface area contributed by atoms with E-state index in [9.17, 15) is 25.3 Å². The van der Waals surface area contributed by atoms with Crippen molar-refractivity contribution in [2.45, 2.75) is 18.7 Å². The van der Waals surface area contributed by atoms with E-state index in [2.05, 4.69) is 0 Å². The minimum Gasteiger partial charge on any atom is -0.496 e. The van der Waals surface area contributed by atoms with Gasteiger partial charge < -0.3 is 22.0 Å². The van der Waals surface area contributed by atoms with Crippen LogP contribution in [0.4, 0.5) is 0 Å². The van der Waals surface area contributed by atoms with Crippen molar-refractivity contribution in [2.75, 3.05) is 38.7 Å². The molecule has 0 aliphatic carbocycles. The minimum absolute atomic E-state index is 0.0191. The van der Waals surface area contributed by atoms with Gasteiger partial charge in [0, 0.05) is 11.3 Å². The third-order valence-corrected chi connectivity index (χ3v) is 7.90. The number of hydrogen-bond acceptors (Lipinski definition) is 12. The second-order valence-corrected chi connectivity index (χ2v) is 15.3. The average Bonchev–Trinajstić information content (AvgIpc) is 2.86. The molecule has 3 rings (SSSR count). The summed E-state index contributed by atoms with van der Waals surface area (Å²) < 4.78 is 99.2. The Morgan fingerprint density at radius 1 is 0.698 bits per heavy atom. The lowest BCUT2D eigenvalue weighted by molar-refractivity contribution is 0.386. The fourth-order valence-corrected chi connectivity index (χ4v) is 6.32. The van der Waals surface area contributed by atoms with Crippen molar-refractivity contribution in [3.8, 4) is 51.0 Å². The molecular weight excluding hydrogens is 641 g/mol. The fourth-order valence-electron chi connectivity index (χ4n) is 3.87. The highest BCUT2D eigenvalue weighted by molar-refractivity contribution is 7.99. The molecule has 0 atom stereocenters. The Labute approximate surface area is 257 Å². The SMILES string of the molecule is COc1cc(-c2ccc(OS(C)(=O)=O)cc2)c(OC)c(OS(C)(=O)=O)c1-c1ccc(SCC=C(C)C)c(OS(C)(=O)=O)c1. The molecule has 15 heteroatoms. The lowest BCUT2D eigenvalue weighted by Gasteiger charge is -2.21. The Kier molecular flexibility index (Phi) is 10.7. The first-order chi connectivity index (χ1) is 19.9. The molecule has 234 valence electrons. The Hall–Kier alpha value is -3.40. The molecule has 11 nitrogen and oxygen atoms in total. The van der Waals surface area contributed by atoms with E-state index in [1.807, 2.05) is 19.9 Å². The molecule has 3 aromatic rings. The lowest BCUT2D eigenvalue weighted by atomic mass is 9.96. The summed E-state index contributed by atoms with van der Waals surface area (Å²) in [5, 5.41) is 0. The van der Waals surface area contributed by atoms with Crippen molar-refractivity contribution in [3.63, 3.8) is 0 Å². The molecule has 0 saturated heterocycles. The molecule has 0 N–H and O–H groups in total. The van der Waals surface area contributed by atoms with Crippen LogP contribution in [0.2, 0.25) is 0 Å². The van der Waals surface area contributed by atoms with Crippen LogP contribution in [-0.2, 0) is 30.4 Å². The van der Waals surface area contributed by atoms with Gasteiger partial charge in [0.15, 0.2) is 17.2 Å². The molecule has 0 radical (unpaired) electrons. The summed E-state index contributed by atoms with van der Waals surface area (Å²) in [6.07, 6.45) is 4.69. The van der Waals surface area contributed by atoms with Crippen molar-refractivity contribution in [2.24, 2.45) is 0 Å². The van der Waals surface area contributed by atoms with Gasteiger partial charge in [-0.1, -0.05) is 29.8 Å². The van der Waals surface area contributed by atoms with E-state index in [4.69, 9.17) is 22.0 Å². The number of rotatable bonds is 13. The molecule has 0 fully saturated rings. The summed E-state index contributed by atoms with van der Waals surface area (Å²) in [5.74, 6) is 0.633. The van der Waals surface area contributed by atoms with E-state index in [0.717, 1.165) is 24.3 Å². The molecular formula is C28H32O11S4. The van der Waals surface area contributed by atoms with Gasteiger partial charge in [-0.2, -0.15) is 25.3 Å². The Bertz CT molecular complexity index is 1840. The predicted molar refractivity (Wildman–Crippen MR) is 167 cm³/mol. The maximum absolute atomic E-state index is 12.5. The first kappa shape index (κ1) is 34.1.